The molecule has 0 saturated heterocycles. The molecule has 1 unspecified atom stereocenters. The second-order valence-corrected chi connectivity index (χ2v) is 9.85. The Balaban J connectivity index is 1.67. The van der Waals surface area contributed by atoms with Crippen LogP contribution in [0.25, 0.3) is 10.9 Å². The van der Waals surface area contributed by atoms with E-state index < -0.39 is 5.97 Å². The fourth-order valence-electron chi connectivity index (χ4n) is 5.72. The highest BCUT2D eigenvalue weighted by Gasteiger charge is 2.26. The van der Waals surface area contributed by atoms with Crippen LogP contribution in [0.5, 0.6) is 0 Å². The standard InChI is InChI=1S/C30H36N2O2/c1-2-3-4-5-6-7-11-22-12-9-15-25-26-16-10-17-27(30(33)34)29(26)32(28(25)19-22)21-24-14-8-13-23(18-24)20-31/h8,10,13-14,16-18,22H,2-7,9,11-12,15,19,21H2,1H3,(H,33,34). The maximum absolute atomic E-state index is 12.2. The summed E-state index contributed by atoms with van der Waals surface area (Å²) in [5.74, 6) is -0.233. The van der Waals surface area contributed by atoms with E-state index in [-0.39, 0.29) is 0 Å². The molecule has 34 heavy (non-hydrogen) atoms. The minimum Gasteiger partial charge on any atom is -0.478 e. The number of aromatic nitrogens is 1. The molecule has 4 nitrogen and oxygen atoms in total. The van der Waals surface area contributed by atoms with Gasteiger partial charge in [-0.2, -0.15) is 5.26 Å². The van der Waals surface area contributed by atoms with Gasteiger partial charge in [0.15, 0.2) is 0 Å². The number of benzene rings is 2. The number of nitrogens with zero attached hydrogens (tertiary/aromatic N) is 2. The number of unbranched alkanes of at least 4 members (excludes halogenated alkanes) is 5. The van der Waals surface area contributed by atoms with E-state index in [0.29, 0.717) is 23.6 Å². The van der Waals surface area contributed by atoms with Crippen LogP contribution in [0, 0.1) is 17.2 Å². The molecule has 1 heterocycles. The summed E-state index contributed by atoms with van der Waals surface area (Å²) in [5.41, 5.74) is 5.52. The zero-order chi connectivity index (χ0) is 23.9. The van der Waals surface area contributed by atoms with Crippen molar-refractivity contribution >= 4 is 16.9 Å². The number of hydrogen-bond donors (Lipinski definition) is 1. The number of carbonyl (C=O) groups is 1. The number of fused-ring (bicyclic) bond motifs is 3. The Morgan fingerprint density at radius 3 is 2.71 bits per heavy atom. The van der Waals surface area contributed by atoms with Crippen molar-refractivity contribution in [1.82, 2.24) is 4.57 Å². The summed E-state index contributed by atoms with van der Waals surface area (Å²) < 4.78 is 2.25. The topological polar surface area (TPSA) is 66.0 Å². The number of nitriles is 1. The number of carboxylic acid groups (broad SMARTS) is 1. The third-order valence-electron chi connectivity index (χ3n) is 7.42. The average Bonchev–Trinajstić information content (AvgIpc) is 2.99. The maximum Gasteiger partial charge on any atom is 0.337 e. The third kappa shape index (κ3) is 5.36. The van der Waals surface area contributed by atoms with Crippen LogP contribution < -0.4 is 0 Å². The predicted octanol–water partition coefficient (Wildman–Crippen LogP) is 7.51. The minimum absolute atomic E-state index is 0.370. The van der Waals surface area contributed by atoms with E-state index in [9.17, 15) is 15.2 Å². The van der Waals surface area contributed by atoms with Crippen LogP contribution in [0.4, 0.5) is 0 Å². The first-order valence-electron chi connectivity index (χ1n) is 13.0. The van der Waals surface area contributed by atoms with Gasteiger partial charge in [-0.05, 0) is 60.9 Å². The molecule has 1 aliphatic rings. The van der Waals surface area contributed by atoms with E-state index in [4.69, 9.17) is 0 Å². The molecule has 4 rings (SSSR count). The van der Waals surface area contributed by atoms with Crippen molar-refractivity contribution in [2.24, 2.45) is 5.92 Å². The van der Waals surface area contributed by atoms with Gasteiger partial charge >= 0.3 is 5.97 Å². The largest absolute Gasteiger partial charge is 0.478 e. The Bertz CT molecular complexity index is 1180. The lowest BCUT2D eigenvalue weighted by molar-refractivity contribution is 0.0698. The van der Waals surface area contributed by atoms with E-state index >= 15 is 0 Å². The Hall–Kier alpha value is -3.06. The van der Waals surface area contributed by atoms with E-state index in [0.717, 1.165) is 35.7 Å². The zero-order valence-corrected chi connectivity index (χ0v) is 20.4. The predicted molar refractivity (Wildman–Crippen MR) is 137 cm³/mol. The van der Waals surface area contributed by atoms with Crippen LogP contribution in [-0.4, -0.2) is 15.6 Å². The highest BCUT2D eigenvalue weighted by Crippen LogP contribution is 2.37. The fourth-order valence-corrected chi connectivity index (χ4v) is 5.72. The molecule has 3 aromatic rings. The Morgan fingerprint density at radius 2 is 1.91 bits per heavy atom. The molecule has 0 amide bonds. The summed E-state index contributed by atoms with van der Waals surface area (Å²) in [7, 11) is 0. The molecule has 0 saturated carbocycles. The molecule has 1 aromatic heterocycles. The van der Waals surface area contributed by atoms with Gasteiger partial charge in [0, 0.05) is 17.6 Å². The molecule has 1 aliphatic carbocycles. The van der Waals surface area contributed by atoms with Crippen molar-refractivity contribution in [3.63, 3.8) is 0 Å². The van der Waals surface area contributed by atoms with Crippen LogP contribution in [0.3, 0.4) is 0 Å². The number of carboxylic acids is 1. The number of para-hydroxylation sites is 1. The minimum atomic E-state index is -0.881. The van der Waals surface area contributed by atoms with Crippen LogP contribution in [0.1, 0.15) is 97.5 Å². The first-order chi connectivity index (χ1) is 16.6. The van der Waals surface area contributed by atoms with Crippen molar-refractivity contribution in [1.29, 1.82) is 5.26 Å². The molecule has 0 fully saturated rings. The summed E-state index contributed by atoms with van der Waals surface area (Å²) >= 11 is 0. The van der Waals surface area contributed by atoms with Crippen molar-refractivity contribution in [3.8, 4) is 6.07 Å². The Morgan fingerprint density at radius 1 is 1.12 bits per heavy atom. The highest BCUT2D eigenvalue weighted by molar-refractivity contribution is 6.04. The lowest BCUT2D eigenvalue weighted by atomic mass is 9.93. The molecule has 178 valence electrons. The first-order valence-corrected chi connectivity index (χ1v) is 13.0. The average molecular weight is 457 g/mol. The Labute approximate surface area is 203 Å². The smallest absolute Gasteiger partial charge is 0.337 e. The van der Waals surface area contributed by atoms with E-state index in [2.05, 4.69) is 23.6 Å². The van der Waals surface area contributed by atoms with Crippen molar-refractivity contribution in [2.45, 2.75) is 84.1 Å². The molecule has 0 bridgehead atoms. The van der Waals surface area contributed by atoms with E-state index in [1.165, 1.54) is 62.6 Å². The quantitative estimate of drug-likeness (QED) is 0.254. The number of aryl methyl sites for hydroxylation is 1. The summed E-state index contributed by atoms with van der Waals surface area (Å²) in [4.78, 5) is 12.2. The molecule has 1 atom stereocenters. The normalized spacial score (nSPS) is 15.6. The van der Waals surface area contributed by atoms with Gasteiger partial charge in [0.1, 0.15) is 0 Å². The monoisotopic (exact) mass is 456 g/mol. The first kappa shape index (κ1) is 24.1. The fraction of sp³-hybridized carbons (Fsp3) is 0.467. The summed E-state index contributed by atoms with van der Waals surface area (Å²) in [5, 5.41) is 20.4. The van der Waals surface area contributed by atoms with Gasteiger partial charge in [0.2, 0.25) is 0 Å². The summed E-state index contributed by atoms with van der Waals surface area (Å²) in [6.45, 7) is 2.85. The summed E-state index contributed by atoms with van der Waals surface area (Å²) in [6, 6.07) is 15.6. The van der Waals surface area contributed by atoms with Crippen molar-refractivity contribution in [3.05, 3.63) is 70.4 Å². The molecule has 4 heteroatoms. The van der Waals surface area contributed by atoms with Crippen LogP contribution >= 0.6 is 0 Å². The number of aromatic carboxylic acids is 1. The van der Waals surface area contributed by atoms with E-state index in [1.54, 1.807) is 6.07 Å². The van der Waals surface area contributed by atoms with Gasteiger partial charge in [-0.15, -0.1) is 0 Å². The molecule has 0 spiro atoms. The highest BCUT2D eigenvalue weighted by atomic mass is 16.4. The van der Waals surface area contributed by atoms with Crippen LogP contribution in [0.2, 0.25) is 0 Å². The van der Waals surface area contributed by atoms with Gasteiger partial charge in [-0.3, -0.25) is 0 Å². The Kier molecular flexibility index (Phi) is 8.06. The number of hydrogen-bond acceptors (Lipinski definition) is 2. The molecule has 2 aromatic carbocycles. The maximum atomic E-state index is 12.2. The summed E-state index contributed by atoms with van der Waals surface area (Å²) in [6.07, 6.45) is 13.6. The van der Waals surface area contributed by atoms with Crippen molar-refractivity contribution < 1.29 is 9.90 Å². The molecule has 1 N–H and O–H groups in total. The molecule has 0 radical (unpaired) electrons. The van der Waals surface area contributed by atoms with E-state index in [1.807, 2.05) is 30.3 Å². The van der Waals surface area contributed by atoms with Crippen LogP contribution in [-0.2, 0) is 19.4 Å². The molecular formula is C30H36N2O2. The number of rotatable bonds is 10. The SMILES string of the molecule is CCCCCCCCC1CCCc2c(n(Cc3cccc(C#N)c3)c3c(C(=O)O)cccc23)C1. The van der Waals surface area contributed by atoms with Gasteiger partial charge in [-0.1, -0.05) is 76.1 Å². The van der Waals surface area contributed by atoms with Gasteiger partial charge in [0.25, 0.3) is 0 Å². The lowest BCUT2D eigenvalue weighted by Gasteiger charge is -2.18. The third-order valence-corrected chi connectivity index (χ3v) is 7.42. The molecular weight excluding hydrogens is 420 g/mol. The van der Waals surface area contributed by atoms with Gasteiger partial charge < -0.3 is 9.67 Å². The second kappa shape index (κ2) is 11.4. The van der Waals surface area contributed by atoms with Crippen molar-refractivity contribution in [2.75, 3.05) is 0 Å². The van der Waals surface area contributed by atoms with Gasteiger partial charge in [0.05, 0.1) is 22.7 Å². The second-order valence-electron chi connectivity index (χ2n) is 9.85. The molecule has 0 aliphatic heterocycles. The lowest BCUT2D eigenvalue weighted by Crippen LogP contribution is -2.12. The zero-order valence-electron chi connectivity index (χ0n) is 20.4. The van der Waals surface area contributed by atoms with Gasteiger partial charge in [-0.25, -0.2) is 4.79 Å². The van der Waals surface area contributed by atoms with Crippen LogP contribution in [0.15, 0.2) is 42.5 Å².